The second-order valence-corrected chi connectivity index (χ2v) is 5.31. The summed E-state index contributed by atoms with van der Waals surface area (Å²) in [6.45, 7) is 0. The number of thioether (sulfide) groups is 1. The Morgan fingerprint density at radius 2 is 1.94 bits per heavy atom. The molecule has 0 bridgehead atoms. The molecule has 0 fully saturated rings. The fourth-order valence-electron chi connectivity index (χ4n) is 1.30. The molecule has 0 saturated carbocycles. The lowest BCUT2D eigenvalue weighted by Crippen LogP contribution is -1.90. The van der Waals surface area contributed by atoms with Gasteiger partial charge in [-0.3, -0.25) is 4.98 Å². The average Bonchev–Trinajstić information content (AvgIpc) is 2.31. The Morgan fingerprint density at radius 3 is 2.65 bits per heavy atom. The van der Waals surface area contributed by atoms with E-state index in [0.29, 0.717) is 10.0 Å². The maximum atomic E-state index is 5.94. The number of nitrogens with two attached hydrogens (primary N) is 1. The van der Waals surface area contributed by atoms with E-state index in [4.69, 9.17) is 28.9 Å². The number of hydrogen-bond donors (Lipinski definition) is 1. The molecule has 1 aromatic carbocycles. The molecule has 0 atom stereocenters. The quantitative estimate of drug-likeness (QED) is 0.856. The highest BCUT2D eigenvalue weighted by Gasteiger charge is 2.01. The lowest BCUT2D eigenvalue weighted by molar-refractivity contribution is 1.18. The van der Waals surface area contributed by atoms with E-state index >= 15 is 0 Å². The lowest BCUT2D eigenvalue weighted by Gasteiger charge is -2.03. The summed E-state index contributed by atoms with van der Waals surface area (Å²) in [4.78, 5) is 5.29. The minimum absolute atomic E-state index is 0.567. The van der Waals surface area contributed by atoms with E-state index < -0.39 is 0 Å². The van der Waals surface area contributed by atoms with Crippen molar-refractivity contribution in [3.8, 4) is 0 Å². The van der Waals surface area contributed by atoms with Gasteiger partial charge in [0.25, 0.3) is 0 Å². The number of pyridine rings is 1. The van der Waals surface area contributed by atoms with Crippen molar-refractivity contribution < 1.29 is 0 Å². The van der Waals surface area contributed by atoms with Gasteiger partial charge in [0.05, 0.1) is 15.7 Å². The molecule has 88 valence electrons. The van der Waals surface area contributed by atoms with Gasteiger partial charge in [0, 0.05) is 22.5 Å². The van der Waals surface area contributed by atoms with Crippen LogP contribution >= 0.6 is 35.0 Å². The molecule has 17 heavy (non-hydrogen) atoms. The molecule has 0 spiro atoms. The molecule has 2 rings (SSSR count). The summed E-state index contributed by atoms with van der Waals surface area (Å²) in [7, 11) is 0. The zero-order valence-electron chi connectivity index (χ0n) is 8.86. The minimum Gasteiger partial charge on any atom is -0.399 e. The molecular weight excluding hydrogens is 275 g/mol. The van der Waals surface area contributed by atoms with E-state index in [-0.39, 0.29) is 0 Å². The highest BCUT2D eigenvalue weighted by atomic mass is 35.5. The van der Waals surface area contributed by atoms with Crippen LogP contribution in [0.2, 0.25) is 10.0 Å². The van der Waals surface area contributed by atoms with Gasteiger partial charge in [0.2, 0.25) is 0 Å². The molecule has 0 unspecified atom stereocenters. The third kappa shape index (κ3) is 3.53. The Balaban J connectivity index is 2.05. The highest BCUT2D eigenvalue weighted by Crippen LogP contribution is 2.29. The molecule has 0 aliphatic rings. The SMILES string of the molecule is Nc1ccnc(CSc2ccc(Cl)c(Cl)c2)c1. The Bertz CT molecular complexity index is 532. The Labute approximate surface area is 114 Å². The summed E-state index contributed by atoms with van der Waals surface area (Å²) in [6, 6.07) is 9.21. The van der Waals surface area contributed by atoms with E-state index in [2.05, 4.69) is 4.98 Å². The van der Waals surface area contributed by atoms with Gasteiger partial charge < -0.3 is 5.73 Å². The smallest absolute Gasteiger partial charge is 0.0603 e. The molecule has 0 saturated heterocycles. The van der Waals surface area contributed by atoms with Crippen molar-refractivity contribution in [3.63, 3.8) is 0 Å². The summed E-state index contributed by atoms with van der Waals surface area (Å²) in [5, 5.41) is 1.13. The predicted molar refractivity (Wildman–Crippen MR) is 74.7 cm³/mol. The average molecular weight is 285 g/mol. The number of nitrogens with zero attached hydrogens (tertiary/aromatic N) is 1. The highest BCUT2D eigenvalue weighted by molar-refractivity contribution is 7.98. The summed E-state index contributed by atoms with van der Waals surface area (Å²) < 4.78 is 0. The van der Waals surface area contributed by atoms with Gasteiger partial charge in [-0.2, -0.15) is 0 Å². The second kappa shape index (κ2) is 5.63. The van der Waals surface area contributed by atoms with Crippen LogP contribution in [0.5, 0.6) is 0 Å². The van der Waals surface area contributed by atoms with Crippen LogP contribution in [0.4, 0.5) is 5.69 Å². The molecule has 5 heteroatoms. The van der Waals surface area contributed by atoms with Crippen LogP contribution in [-0.4, -0.2) is 4.98 Å². The number of halogens is 2. The fourth-order valence-corrected chi connectivity index (χ4v) is 2.50. The van der Waals surface area contributed by atoms with Gasteiger partial charge in [0.15, 0.2) is 0 Å². The van der Waals surface area contributed by atoms with Gasteiger partial charge in [-0.15, -0.1) is 11.8 Å². The van der Waals surface area contributed by atoms with Gasteiger partial charge >= 0.3 is 0 Å². The maximum absolute atomic E-state index is 5.94. The number of nitrogen functional groups attached to an aromatic ring is 1. The van der Waals surface area contributed by atoms with Crippen LogP contribution in [0.25, 0.3) is 0 Å². The first kappa shape index (κ1) is 12.6. The largest absolute Gasteiger partial charge is 0.399 e. The fraction of sp³-hybridized carbons (Fsp3) is 0.0833. The zero-order chi connectivity index (χ0) is 12.3. The number of anilines is 1. The topological polar surface area (TPSA) is 38.9 Å². The maximum Gasteiger partial charge on any atom is 0.0603 e. The van der Waals surface area contributed by atoms with Crippen molar-refractivity contribution in [2.24, 2.45) is 0 Å². The van der Waals surface area contributed by atoms with Crippen molar-refractivity contribution in [1.82, 2.24) is 4.98 Å². The molecular formula is C12H10Cl2N2S. The van der Waals surface area contributed by atoms with Crippen LogP contribution in [0, 0.1) is 0 Å². The molecule has 2 nitrogen and oxygen atoms in total. The van der Waals surface area contributed by atoms with Gasteiger partial charge in [0.1, 0.15) is 0 Å². The lowest BCUT2D eigenvalue weighted by atomic mass is 10.3. The van der Waals surface area contributed by atoms with E-state index in [1.54, 1.807) is 30.1 Å². The van der Waals surface area contributed by atoms with Crippen molar-refractivity contribution >= 4 is 40.7 Å². The Kier molecular flexibility index (Phi) is 4.15. The van der Waals surface area contributed by atoms with Crippen molar-refractivity contribution in [3.05, 3.63) is 52.3 Å². The summed E-state index contributed by atoms with van der Waals surface area (Å²) in [6.07, 6.45) is 1.71. The molecule has 2 N–H and O–H groups in total. The normalized spacial score (nSPS) is 10.5. The third-order valence-electron chi connectivity index (χ3n) is 2.12. The molecule has 1 heterocycles. The van der Waals surface area contributed by atoms with Gasteiger partial charge in [-0.1, -0.05) is 23.2 Å². The van der Waals surface area contributed by atoms with Crippen LogP contribution in [0.3, 0.4) is 0 Å². The third-order valence-corrected chi connectivity index (χ3v) is 3.88. The summed E-state index contributed by atoms with van der Waals surface area (Å²) in [5.74, 6) is 0.753. The number of hydrogen-bond acceptors (Lipinski definition) is 3. The molecule has 0 aliphatic heterocycles. The zero-order valence-corrected chi connectivity index (χ0v) is 11.2. The van der Waals surface area contributed by atoms with E-state index in [1.807, 2.05) is 18.2 Å². The number of aromatic nitrogens is 1. The molecule has 0 amide bonds. The predicted octanol–water partition coefficient (Wildman–Crippen LogP) is 4.26. The number of rotatable bonds is 3. The van der Waals surface area contributed by atoms with Crippen molar-refractivity contribution in [1.29, 1.82) is 0 Å². The Hall–Kier alpha value is -0.900. The first-order chi connectivity index (χ1) is 8.15. The standard InChI is InChI=1S/C12H10Cl2N2S/c13-11-2-1-10(6-12(11)14)17-7-9-5-8(15)3-4-16-9/h1-6H,7H2,(H2,15,16). The van der Waals surface area contributed by atoms with Crippen molar-refractivity contribution in [2.75, 3.05) is 5.73 Å². The van der Waals surface area contributed by atoms with E-state index in [1.165, 1.54) is 0 Å². The molecule has 0 aliphatic carbocycles. The van der Waals surface area contributed by atoms with E-state index in [9.17, 15) is 0 Å². The Morgan fingerprint density at radius 1 is 1.12 bits per heavy atom. The molecule has 2 aromatic rings. The molecule has 1 aromatic heterocycles. The summed E-state index contributed by atoms with van der Waals surface area (Å²) in [5.41, 5.74) is 7.36. The second-order valence-electron chi connectivity index (χ2n) is 3.45. The minimum atomic E-state index is 0.567. The first-order valence-corrected chi connectivity index (χ1v) is 6.67. The van der Waals surface area contributed by atoms with E-state index in [0.717, 1.165) is 22.0 Å². The number of benzene rings is 1. The monoisotopic (exact) mass is 284 g/mol. The van der Waals surface area contributed by atoms with Gasteiger partial charge in [-0.05, 0) is 30.3 Å². The van der Waals surface area contributed by atoms with Crippen molar-refractivity contribution in [2.45, 2.75) is 10.6 Å². The first-order valence-electron chi connectivity index (χ1n) is 4.93. The van der Waals surface area contributed by atoms with Crippen LogP contribution < -0.4 is 5.73 Å². The van der Waals surface area contributed by atoms with Crippen LogP contribution in [0.1, 0.15) is 5.69 Å². The van der Waals surface area contributed by atoms with Crippen LogP contribution in [0.15, 0.2) is 41.4 Å². The molecule has 0 radical (unpaired) electrons. The van der Waals surface area contributed by atoms with Crippen LogP contribution in [-0.2, 0) is 5.75 Å². The summed E-state index contributed by atoms with van der Waals surface area (Å²) >= 11 is 13.4. The van der Waals surface area contributed by atoms with Gasteiger partial charge in [-0.25, -0.2) is 0 Å².